The number of hydrogen-bond donors (Lipinski definition) is 0. The fourth-order valence-electron chi connectivity index (χ4n) is 4.49. The van der Waals surface area contributed by atoms with Gasteiger partial charge in [-0.05, 0) is 62.3 Å². The van der Waals surface area contributed by atoms with Gasteiger partial charge in [-0.3, -0.25) is 4.90 Å². The maximum atomic E-state index is 14.1. The molecule has 1 saturated heterocycles. The van der Waals surface area contributed by atoms with Crippen LogP contribution in [0.5, 0.6) is 5.88 Å². The van der Waals surface area contributed by atoms with Gasteiger partial charge in [0.15, 0.2) is 0 Å². The number of benzene rings is 2. The molecule has 0 unspecified atom stereocenters. The average molecular weight is 517 g/mol. The maximum Gasteiger partial charge on any atom is 0.337 e. The van der Waals surface area contributed by atoms with Crippen molar-refractivity contribution in [2.45, 2.75) is 31.9 Å². The highest BCUT2D eigenvalue weighted by atomic mass is 32.1. The van der Waals surface area contributed by atoms with E-state index in [1.54, 1.807) is 35.6 Å². The largest absolute Gasteiger partial charge is 0.473 e. The van der Waals surface area contributed by atoms with Crippen LogP contribution in [0.15, 0.2) is 54.6 Å². The molecule has 4 aromatic rings. The van der Waals surface area contributed by atoms with Gasteiger partial charge < -0.3 is 9.47 Å². The zero-order valence-corrected chi connectivity index (χ0v) is 21.1. The topological polar surface area (TPSA) is 88.3 Å². The van der Waals surface area contributed by atoms with Crippen molar-refractivity contribution in [3.05, 3.63) is 87.8 Å². The van der Waals surface area contributed by atoms with Crippen LogP contribution in [0.4, 0.5) is 4.39 Å². The molecule has 1 aliphatic heterocycles. The van der Waals surface area contributed by atoms with Gasteiger partial charge in [-0.25, -0.2) is 19.2 Å². The van der Waals surface area contributed by atoms with E-state index in [0.717, 1.165) is 53.4 Å². The number of methoxy groups -OCH3 is 1. The summed E-state index contributed by atoms with van der Waals surface area (Å²) in [5.41, 5.74) is 3.07. The SMILES string of the molecule is COC(=O)c1ccc2nc(CN3CCC(c4cccc(OCc5ccc(C#N)cc5F)n4)CC3)sc2c1. The van der Waals surface area contributed by atoms with Crippen LogP contribution in [0.25, 0.3) is 10.2 Å². The highest BCUT2D eigenvalue weighted by Crippen LogP contribution is 2.30. The molecule has 0 saturated carbocycles. The Balaban J connectivity index is 1.17. The standard InChI is InChI=1S/C28H25FN4O3S/c1-35-28(34)20-7-8-24-25(14-20)37-27(32-24)16-33-11-9-19(10-12-33)23-3-2-4-26(31-23)36-17-21-6-5-18(15-30)13-22(21)29/h2-8,13-14,19H,9-12,16-17H2,1H3. The number of likely N-dealkylation sites (tertiary alicyclic amines) is 1. The quantitative estimate of drug-likeness (QED) is 0.302. The molecule has 3 heterocycles. The molecule has 0 aliphatic carbocycles. The Morgan fingerprint density at radius 2 is 2.00 bits per heavy atom. The number of ether oxygens (including phenoxy) is 2. The van der Waals surface area contributed by atoms with Gasteiger partial charge >= 0.3 is 5.97 Å². The first-order valence-electron chi connectivity index (χ1n) is 12.0. The smallest absolute Gasteiger partial charge is 0.337 e. The van der Waals surface area contributed by atoms with E-state index in [4.69, 9.17) is 19.7 Å². The zero-order chi connectivity index (χ0) is 25.8. The summed E-state index contributed by atoms with van der Waals surface area (Å²) in [4.78, 5) is 23.6. The van der Waals surface area contributed by atoms with E-state index in [0.29, 0.717) is 22.9 Å². The Morgan fingerprint density at radius 3 is 2.76 bits per heavy atom. The van der Waals surface area contributed by atoms with Gasteiger partial charge in [0.1, 0.15) is 17.4 Å². The zero-order valence-electron chi connectivity index (χ0n) is 20.3. The van der Waals surface area contributed by atoms with Gasteiger partial charge in [-0.15, -0.1) is 11.3 Å². The molecular weight excluding hydrogens is 491 g/mol. The molecule has 0 bridgehead atoms. The number of piperidine rings is 1. The Bertz CT molecular complexity index is 1470. The van der Waals surface area contributed by atoms with E-state index in [9.17, 15) is 9.18 Å². The first-order valence-corrected chi connectivity index (χ1v) is 12.8. The number of aromatic nitrogens is 2. The lowest BCUT2D eigenvalue weighted by atomic mass is 9.93. The molecule has 5 rings (SSSR count). The van der Waals surface area contributed by atoms with Crippen molar-refractivity contribution in [3.8, 4) is 11.9 Å². The lowest BCUT2D eigenvalue weighted by molar-refractivity contribution is 0.0601. The van der Waals surface area contributed by atoms with E-state index in [-0.39, 0.29) is 18.1 Å². The van der Waals surface area contributed by atoms with Crippen molar-refractivity contribution in [2.24, 2.45) is 0 Å². The van der Waals surface area contributed by atoms with Crippen molar-refractivity contribution in [1.29, 1.82) is 5.26 Å². The lowest BCUT2D eigenvalue weighted by Gasteiger charge is -2.31. The van der Waals surface area contributed by atoms with Gasteiger partial charge in [-0.1, -0.05) is 12.1 Å². The molecule has 2 aromatic heterocycles. The molecule has 1 aliphatic rings. The summed E-state index contributed by atoms with van der Waals surface area (Å²) in [6, 6.07) is 17.4. The fourth-order valence-corrected chi connectivity index (χ4v) is 5.54. The van der Waals surface area contributed by atoms with E-state index >= 15 is 0 Å². The molecule has 1 fully saturated rings. The van der Waals surface area contributed by atoms with Crippen LogP contribution in [0, 0.1) is 17.1 Å². The number of pyridine rings is 1. The van der Waals surface area contributed by atoms with Crippen LogP contribution in [-0.2, 0) is 17.9 Å². The molecule has 0 spiro atoms. The molecule has 188 valence electrons. The Morgan fingerprint density at radius 1 is 1.16 bits per heavy atom. The van der Waals surface area contributed by atoms with Crippen molar-refractivity contribution >= 4 is 27.5 Å². The number of nitriles is 1. The number of rotatable bonds is 7. The molecule has 0 N–H and O–H groups in total. The average Bonchev–Trinajstić information content (AvgIpc) is 3.34. The normalized spacial score (nSPS) is 14.4. The molecule has 0 radical (unpaired) electrons. The number of nitrogens with zero attached hydrogens (tertiary/aromatic N) is 4. The molecule has 0 atom stereocenters. The van der Waals surface area contributed by atoms with E-state index in [1.165, 1.54) is 13.2 Å². The minimum atomic E-state index is -0.459. The lowest BCUT2D eigenvalue weighted by Crippen LogP contribution is -2.32. The molecule has 2 aromatic carbocycles. The molecule has 37 heavy (non-hydrogen) atoms. The van der Waals surface area contributed by atoms with Gasteiger partial charge in [0, 0.05) is 23.2 Å². The first kappa shape index (κ1) is 24.8. The third-order valence-electron chi connectivity index (χ3n) is 6.52. The number of esters is 1. The number of halogens is 1. The second-order valence-corrected chi connectivity index (χ2v) is 10.1. The fraction of sp³-hybridized carbons (Fsp3) is 0.286. The first-order chi connectivity index (χ1) is 18.0. The van der Waals surface area contributed by atoms with Crippen LogP contribution < -0.4 is 4.74 Å². The Labute approximate surface area is 218 Å². The van der Waals surface area contributed by atoms with Gasteiger partial charge in [0.05, 0.1) is 41.1 Å². The van der Waals surface area contributed by atoms with Crippen LogP contribution in [0.3, 0.4) is 0 Å². The van der Waals surface area contributed by atoms with Gasteiger partial charge in [0.2, 0.25) is 5.88 Å². The highest BCUT2D eigenvalue weighted by molar-refractivity contribution is 7.18. The summed E-state index contributed by atoms with van der Waals surface area (Å²) in [6.07, 6.45) is 1.94. The van der Waals surface area contributed by atoms with E-state index in [1.807, 2.05) is 30.3 Å². The summed E-state index contributed by atoms with van der Waals surface area (Å²) in [7, 11) is 1.38. The molecule has 9 heteroatoms. The third-order valence-corrected chi connectivity index (χ3v) is 7.52. The monoisotopic (exact) mass is 516 g/mol. The summed E-state index contributed by atoms with van der Waals surface area (Å²) < 4.78 is 25.7. The van der Waals surface area contributed by atoms with Crippen molar-refractivity contribution in [2.75, 3.05) is 20.2 Å². The highest BCUT2D eigenvalue weighted by Gasteiger charge is 2.23. The summed E-state index contributed by atoms with van der Waals surface area (Å²) in [5, 5.41) is 9.92. The van der Waals surface area contributed by atoms with Crippen LogP contribution in [0.2, 0.25) is 0 Å². The van der Waals surface area contributed by atoms with E-state index in [2.05, 4.69) is 9.88 Å². The second kappa shape index (κ2) is 11.0. The Hall–Kier alpha value is -3.87. The number of hydrogen-bond acceptors (Lipinski definition) is 8. The minimum Gasteiger partial charge on any atom is -0.473 e. The minimum absolute atomic E-state index is 0.0513. The molecular formula is C28H25FN4O3S. The summed E-state index contributed by atoms with van der Waals surface area (Å²) in [6.45, 7) is 2.68. The van der Waals surface area contributed by atoms with E-state index < -0.39 is 5.82 Å². The number of carbonyl (C=O) groups excluding carboxylic acids is 1. The predicted molar refractivity (Wildman–Crippen MR) is 138 cm³/mol. The summed E-state index contributed by atoms with van der Waals surface area (Å²) >= 11 is 1.61. The number of carbonyl (C=O) groups is 1. The number of thiazole rings is 1. The van der Waals surface area contributed by atoms with Crippen LogP contribution in [0.1, 0.15) is 50.9 Å². The Kier molecular flexibility index (Phi) is 7.40. The van der Waals surface area contributed by atoms with Crippen molar-refractivity contribution < 1.29 is 18.7 Å². The van der Waals surface area contributed by atoms with Crippen LogP contribution >= 0.6 is 11.3 Å². The number of fused-ring (bicyclic) bond motifs is 1. The van der Waals surface area contributed by atoms with Crippen molar-refractivity contribution in [3.63, 3.8) is 0 Å². The predicted octanol–water partition coefficient (Wildman–Crippen LogP) is 5.45. The molecule has 0 amide bonds. The van der Waals surface area contributed by atoms with Crippen LogP contribution in [-0.4, -0.2) is 41.0 Å². The van der Waals surface area contributed by atoms with Crippen molar-refractivity contribution in [1.82, 2.24) is 14.9 Å². The summed E-state index contributed by atoms with van der Waals surface area (Å²) in [5.74, 6) is -0.0167. The van der Waals surface area contributed by atoms with Gasteiger partial charge in [0.25, 0.3) is 0 Å². The van der Waals surface area contributed by atoms with Gasteiger partial charge in [-0.2, -0.15) is 5.26 Å². The second-order valence-electron chi connectivity index (χ2n) is 8.94. The molecule has 7 nitrogen and oxygen atoms in total. The third kappa shape index (κ3) is 5.77. The maximum absolute atomic E-state index is 14.1.